The zero-order valence-electron chi connectivity index (χ0n) is 8.94. The van der Waals surface area contributed by atoms with E-state index in [4.69, 9.17) is 11.6 Å². The van der Waals surface area contributed by atoms with Gasteiger partial charge in [-0.25, -0.2) is 10.4 Å². The van der Waals surface area contributed by atoms with Gasteiger partial charge >= 0.3 is 5.97 Å². The Hall–Kier alpha value is -1.10. The Labute approximate surface area is 99.1 Å². The van der Waals surface area contributed by atoms with Crippen LogP contribution in [0.25, 0.3) is 0 Å². The summed E-state index contributed by atoms with van der Waals surface area (Å²) in [5.74, 6) is -0.196. The number of esters is 1. The molecule has 0 bridgehead atoms. The van der Waals surface area contributed by atoms with Crippen LogP contribution in [-0.2, 0) is 9.53 Å². The van der Waals surface area contributed by atoms with E-state index >= 15 is 0 Å². The molecule has 0 saturated carbocycles. The number of rotatable bonds is 4. The van der Waals surface area contributed by atoms with Crippen molar-refractivity contribution in [1.29, 1.82) is 0 Å². The van der Waals surface area contributed by atoms with E-state index in [1.54, 1.807) is 0 Å². The highest BCUT2D eigenvalue weighted by atomic mass is 35.5. The van der Waals surface area contributed by atoms with E-state index in [1.807, 2.05) is 29.3 Å². The first-order chi connectivity index (χ1) is 7.70. The third-order valence-electron chi connectivity index (χ3n) is 2.48. The molecule has 1 aliphatic heterocycles. The van der Waals surface area contributed by atoms with E-state index < -0.39 is 0 Å². The smallest absolute Gasteiger partial charge is 0.306 e. The molecule has 1 N–H and O–H groups in total. The number of carbonyl (C=O) groups is 1. The van der Waals surface area contributed by atoms with Gasteiger partial charge in [0.05, 0.1) is 13.5 Å². The number of ether oxygens (including phenoxy) is 1. The maximum Gasteiger partial charge on any atom is 0.306 e. The molecule has 0 aliphatic carbocycles. The highest BCUT2D eigenvalue weighted by Crippen LogP contribution is 2.29. The van der Waals surface area contributed by atoms with E-state index in [0.29, 0.717) is 13.0 Å². The average molecular weight is 241 g/mol. The minimum Gasteiger partial charge on any atom is -0.469 e. The minimum atomic E-state index is -0.196. The van der Waals surface area contributed by atoms with Gasteiger partial charge in [-0.05, 0) is 17.7 Å². The van der Waals surface area contributed by atoms with Crippen LogP contribution < -0.4 is 5.43 Å². The normalized spacial score (nSPS) is 22.9. The SMILES string of the molecule is COC(=O)CCN1NC1c1cccc(Cl)c1. The number of nitrogens with zero attached hydrogens (tertiary/aromatic N) is 1. The van der Waals surface area contributed by atoms with Crippen LogP contribution in [-0.4, -0.2) is 24.6 Å². The Kier molecular flexibility index (Phi) is 3.43. The van der Waals surface area contributed by atoms with Gasteiger partial charge in [-0.1, -0.05) is 23.7 Å². The predicted molar refractivity (Wildman–Crippen MR) is 60.7 cm³/mol. The summed E-state index contributed by atoms with van der Waals surface area (Å²) in [5.41, 5.74) is 4.27. The van der Waals surface area contributed by atoms with Gasteiger partial charge in [-0.15, -0.1) is 0 Å². The van der Waals surface area contributed by atoms with E-state index in [9.17, 15) is 4.79 Å². The topological polar surface area (TPSA) is 51.2 Å². The predicted octanol–water partition coefficient (Wildman–Crippen LogP) is 1.72. The second kappa shape index (κ2) is 4.82. The Bertz CT molecular complexity index is 397. The van der Waals surface area contributed by atoms with Crippen LogP contribution >= 0.6 is 11.6 Å². The van der Waals surface area contributed by atoms with Crippen molar-refractivity contribution in [1.82, 2.24) is 10.4 Å². The van der Waals surface area contributed by atoms with Crippen LogP contribution in [0.1, 0.15) is 18.2 Å². The van der Waals surface area contributed by atoms with Crippen LogP contribution in [0.15, 0.2) is 24.3 Å². The van der Waals surface area contributed by atoms with Crippen LogP contribution in [0.3, 0.4) is 0 Å². The van der Waals surface area contributed by atoms with Crippen molar-refractivity contribution in [3.8, 4) is 0 Å². The molecule has 1 fully saturated rings. The lowest BCUT2D eigenvalue weighted by Gasteiger charge is -2.01. The fourth-order valence-corrected chi connectivity index (χ4v) is 1.76. The molecule has 2 rings (SSSR count). The second-order valence-electron chi connectivity index (χ2n) is 3.61. The highest BCUT2D eigenvalue weighted by molar-refractivity contribution is 6.30. The minimum absolute atomic E-state index is 0.170. The van der Waals surface area contributed by atoms with Crippen molar-refractivity contribution in [3.63, 3.8) is 0 Å². The monoisotopic (exact) mass is 240 g/mol. The maximum absolute atomic E-state index is 10.9. The van der Waals surface area contributed by atoms with Crippen LogP contribution in [0, 0.1) is 0 Å². The number of carbonyl (C=O) groups excluding carboxylic acids is 1. The molecule has 2 atom stereocenters. The molecule has 2 unspecified atom stereocenters. The Morgan fingerprint density at radius 1 is 1.62 bits per heavy atom. The molecule has 5 heteroatoms. The Balaban J connectivity index is 1.85. The Morgan fingerprint density at radius 2 is 2.44 bits per heavy atom. The highest BCUT2D eigenvalue weighted by Gasteiger charge is 2.34. The van der Waals surface area contributed by atoms with Gasteiger partial charge in [0, 0.05) is 11.6 Å². The first-order valence-corrected chi connectivity index (χ1v) is 5.43. The summed E-state index contributed by atoms with van der Waals surface area (Å²) >= 11 is 5.89. The van der Waals surface area contributed by atoms with E-state index in [2.05, 4.69) is 10.2 Å². The second-order valence-corrected chi connectivity index (χ2v) is 4.04. The average Bonchev–Trinajstić information content (AvgIpc) is 3.05. The summed E-state index contributed by atoms with van der Waals surface area (Å²) in [5, 5.41) is 2.70. The summed E-state index contributed by atoms with van der Waals surface area (Å²) in [6, 6.07) is 7.67. The van der Waals surface area contributed by atoms with Gasteiger partial charge in [0.25, 0.3) is 0 Å². The first-order valence-electron chi connectivity index (χ1n) is 5.06. The molecule has 4 nitrogen and oxygen atoms in total. The summed E-state index contributed by atoms with van der Waals surface area (Å²) in [6.45, 7) is 0.643. The molecule has 0 amide bonds. The summed E-state index contributed by atoms with van der Waals surface area (Å²) in [7, 11) is 1.40. The molecule has 1 saturated heterocycles. The Morgan fingerprint density at radius 3 is 3.12 bits per heavy atom. The lowest BCUT2D eigenvalue weighted by Crippen LogP contribution is -2.10. The van der Waals surface area contributed by atoms with Crippen molar-refractivity contribution in [2.24, 2.45) is 0 Å². The molecule has 1 aromatic rings. The van der Waals surface area contributed by atoms with Crippen molar-refractivity contribution in [2.45, 2.75) is 12.6 Å². The number of methoxy groups -OCH3 is 1. The molecule has 1 aromatic carbocycles. The molecule has 0 radical (unpaired) electrons. The molecule has 0 spiro atoms. The van der Waals surface area contributed by atoms with Crippen molar-refractivity contribution < 1.29 is 9.53 Å². The molecule has 86 valence electrons. The zero-order chi connectivity index (χ0) is 11.5. The molecule has 1 aliphatic rings. The van der Waals surface area contributed by atoms with E-state index in [0.717, 1.165) is 10.6 Å². The zero-order valence-corrected chi connectivity index (χ0v) is 9.70. The van der Waals surface area contributed by atoms with Crippen LogP contribution in [0.2, 0.25) is 5.02 Å². The van der Waals surface area contributed by atoms with Crippen molar-refractivity contribution in [2.75, 3.05) is 13.7 Å². The quantitative estimate of drug-likeness (QED) is 0.643. The van der Waals surface area contributed by atoms with Gasteiger partial charge in [0.2, 0.25) is 0 Å². The summed E-state index contributed by atoms with van der Waals surface area (Å²) in [6.07, 6.45) is 0.559. The molecular weight excluding hydrogens is 228 g/mol. The summed E-state index contributed by atoms with van der Waals surface area (Å²) in [4.78, 5) is 10.9. The first kappa shape index (κ1) is 11.4. The number of halogens is 1. The summed E-state index contributed by atoms with van der Waals surface area (Å²) < 4.78 is 4.57. The van der Waals surface area contributed by atoms with Crippen molar-refractivity contribution >= 4 is 17.6 Å². The third-order valence-corrected chi connectivity index (χ3v) is 2.72. The number of hydrogen-bond acceptors (Lipinski definition) is 4. The van der Waals surface area contributed by atoms with Gasteiger partial charge in [-0.3, -0.25) is 4.79 Å². The lowest BCUT2D eigenvalue weighted by atomic mass is 10.2. The molecule has 16 heavy (non-hydrogen) atoms. The van der Waals surface area contributed by atoms with Gasteiger partial charge in [-0.2, -0.15) is 0 Å². The van der Waals surface area contributed by atoms with E-state index in [-0.39, 0.29) is 12.1 Å². The van der Waals surface area contributed by atoms with Crippen LogP contribution in [0.5, 0.6) is 0 Å². The fraction of sp³-hybridized carbons (Fsp3) is 0.364. The largest absolute Gasteiger partial charge is 0.469 e. The number of nitrogens with one attached hydrogen (secondary N) is 1. The fourth-order valence-electron chi connectivity index (χ4n) is 1.56. The van der Waals surface area contributed by atoms with Crippen LogP contribution in [0.4, 0.5) is 0 Å². The number of benzene rings is 1. The molecular formula is C11H13ClN2O2. The standard InChI is InChI=1S/C11H13ClN2O2/c1-16-10(15)5-6-14-11(13-14)8-3-2-4-9(12)7-8/h2-4,7,11,13H,5-6H2,1H3. The molecule has 0 aromatic heterocycles. The van der Waals surface area contributed by atoms with Gasteiger partial charge in [0.1, 0.15) is 6.17 Å². The number of hydrogen-bond donors (Lipinski definition) is 1. The van der Waals surface area contributed by atoms with Gasteiger partial charge in [0.15, 0.2) is 0 Å². The third kappa shape index (κ3) is 2.72. The lowest BCUT2D eigenvalue weighted by molar-refractivity contribution is -0.140. The number of hydrazine groups is 1. The maximum atomic E-state index is 10.9. The van der Waals surface area contributed by atoms with E-state index in [1.165, 1.54) is 7.11 Å². The molecule has 1 heterocycles. The van der Waals surface area contributed by atoms with Crippen molar-refractivity contribution in [3.05, 3.63) is 34.9 Å². The van der Waals surface area contributed by atoms with Gasteiger partial charge < -0.3 is 4.74 Å².